The topological polar surface area (TPSA) is 48.4 Å². The van der Waals surface area contributed by atoms with E-state index in [1.54, 1.807) is 6.92 Å². The van der Waals surface area contributed by atoms with Crippen LogP contribution in [0.1, 0.15) is 17.3 Å². The number of carbonyl (C=O) groups excluding carboxylic acids is 1. The Balaban J connectivity index is 3.03. The van der Waals surface area contributed by atoms with Crippen molar-refractivity contribution in [3.63, 3.8) is 0 Å². The van der Waals surface area contributed by atoms with Crippen LogP contribution in [0.5, 0.6) is 5.75 Å². The summed E-state index contributed by atoms with van der Waals surface area (Å²) in [5.41, 5.74) is 0.286. The van der Waals surface area contributed by atoms with E-state index in [0.717, 1.165) is 0 Å². The minimum Gasteiger partial charge on any atom is -0.494 e. The fraction of sp³-hybridized carbons (Fsp3) is 0.333. The number of carbonyl (C=O) groups is 1. The highest BCUT2D eigenvalue weighted by Gasteiger charge is 2.14. The standard InChI is InChI=1S/C9H10ClNO3/c1-3-14-9(12)6-4-8(10)11-5-7(6)13-2/h4-5H,3H2,1-2H3. The Hall–Kier alpha value is -1.29. The largest absolute Gasteiger partial charge is 0.494 e. The number of esters is 1. The first-order chi connectivity index (χ1) is 6.69. The second kappa shape index (κ2) is 4.81. The molecule has 0 aliphatic carbocycles. The number of pyridine rings is 1. The first-order valence-corrected chi connectivity index (χ1v) is 4.43. The molecule has 5 heteroatoms. The van der Waals surface area contributed by atoms with Gasteiger partial charge in [-0.1, -0.05) is 11.6 Å². The molecule has 0 saturated carbocycles. The van der Waals surface area contributed by atoms with Crippen molar-refractivity contribution in [2.45, 2.75) is 6.92 Å². The van der Waals surface area contributed by atoms with Crippen molar-refractivity contribution in [3.8, 4) is 5.75 Å². The van der Waals surface area contributed by atoms with Crippen molar-refractivity contribution in [1.82, 2.24) is 4.98 Å². The molecule has 0 unspecified atom stereocenters. The average molecular weight is 216 g/mol. The fourth-order valence-corrected chi connectivity index (χ4v) is 1.11. The molecule has 0 aromatic carbocycles. The first-order valence-electron chi connectivity index (χ1n) is 4.05. The molecule has 1 rings (SSSR count). The molecule has 0 spiro atoms. The van der Waals surface area contributed by atoms with Gasteiger partial charge in [-0.15, -0.1) is 0 Å². The quantitative estimate of drug-likeness (QED) is 0.571. The maximum absolute atomic E-state index is 11.4. The van der Waals surface area contributed by atoms with E-state index in [4.69, 9.17) is 21.1 Å². The number of rotatable bonds is 3. The first kappa shape index (κ1) is 10.8. The van der Waals surface area contributed by atoms with Gasteiger partial charge in [0.25, 0.3) is 0 Å². The minimum absolute atomic E-state index is 0.230. The van der Waals surface area contributed by atoms with Crippen LogP contribution in [0.15, 0.2) is 12.3 Å². The SMILES string of the molecule is CCOC(=O)c1cc(Cl)ncc1OC. The van der Waals surface area contributed by atoms with Gasteiger partial charge < -0.3 is 9.47 Å². The van der Waals surface area contributed by atoms with E-state index in [0.29, 0.717) is 12.4 Å². The van der Waals surface area contributed by atoms with Crippen LogP contribution >= 0.6 is 11.6 Å². The highest BCUT2D eigenvalue weighted by molar-refractivity contribution is 6.29. The van der Waals surface area contributed by atoms with Crippen LogP contribution in [0.3, 0.4) is 0 Å². The van der Waals surface area contributed by atoms with E-state index < -0.39 is 5.97 Å². The lowest BCUT2D eigenvalue weighted by atomic mass is 10.2. The lowest BCUT2D eigenvalue weighted by Crippen LogP contribution is -2.07. The van der Waals surface area contributed by atoms with E-state index in [1.165, 1.54) is 19.4 Å². The monoisotopic (exact) mass is 215 g/mol. The second-order valence-corrected chi connectivity index (χ2v) is 2.82. The van der Waals surface area contributed by atoms with Crippen LogP contribution in [0.4, 0.5) is 0 Å². The average Bonchev–Trinajstić information content (AvgIpc) is 2.18. The second-order valence-electron chi connectivity index (χ2n) is 2.43. The van der Waals surface area contributed by atoms with Crippen molar-refractivity contribution < 1.29 is 14.3 Å². The molecule has 0 saturated heterocycles. The third-order valence-corrected chi connectivity index (χ3v) is 1.76. The third kappa shape index (κ3) is 2.35. The zero-order valence-electron chi connectivity index (χ0n) is 7.91. The Morgan fingerprint density at radius 2 is 2.36 bits per heavy atom. The molecule has 0 aliphatic rings. The third-order valence-electron chi connectivity index (χ3n) is 1.55. The predicted molar refractivity (Wildman–Crippen MR) is 51.8 cm³/mol. The van der Waals surface area contributed by atoms with Gasteiger partial charge in [0.05, 0.1) is 19.9 Å². The summed E-state index contributed by atoms with van der Waals surface area (Å²) >= 11 is 5.64. The van der Waals surface area contributed by atoms with E-state index in [-0.39, 0.29) is 10.7 Å². The van der Waals surface area contributed by atoms with Gasteiger partial charge in [-0.25, -0.2) is 9.78 Å². The normalized spacial score (nSPS) is 9.64. The number of methoxy groups -OCH3 is 1. The number of aromatic nitrogens is 1. The Labute approximate surface area is 86.8 Å². The molecule has 1 aromatic rings. The predicted octanol–water partition coefficient (Wildman–Crippen LogP) is 1.92. The molecular formula is C9H10ClNO3. The van der Waals surface area contributed by atoms with Gasteiger partial charge in [-0.05, 0) is 13.0 Å². The van der Waals surface area contributed by atoms with Crippen molar-refractivity contribution in [2.24, 2.45) is 0 Å². The lowest BCUT2D eigenvalue weighted by Gasteiger charge is -2.06. The summed E-state index contributed by atoms with van der Waals surface area (Å²) in [5, 5.41) is 0.230. The highest BCUT2D eigenvalue weighted by atomic mass is 35.5. The Kier molecular flexibility index (Phi) is 3.71. The smallest absolute Gasteiger partial charge is 0.342 e. The Morgan fingerprint density at radius 1 is 1.64 bits per heavy atom. The van der Waals surface area contributed by atoms with Gasteiger partial charge in [0.15, 0.2) is 5.75 Å². The molecule has 0 N–H and O–H groups in total. The van der Waals surface area contributed by atoms with E-state index in [2.05, 4.69) is 4.98 Å². The van der Waals surface area contributed by atoms with Gasteiger partial charge >= 0.3 is 5.97 Å². The molecule has 0 bridgehead atoms. The van der Waals surface area contributed by atoms with Crippen LogP contribution in [0.2, 0.25) is 5.15 Å². The Morgan fingerprint density at radius 3 is 2.93 bits per heavy atom. The van der Waals surface area contributed by atoms with E-state index >= 15 is 0 Å². The van der Waals surface area contributed by atoms with Gasteiger partial charge in [-0.3, -0.25) is 0 Å². The molecule has 0 atom stereocenters. The summed E-state index contributed by atoms with van der Waals surface area (Å²) in [4.78, 5) is 15.2. The molecule has 0 fully saturated rings. The highest BCUT2D eigenvalue weighted by Crippen LogP contribution is 2.20. The Bertz CT molecular complexity index is 341. The molecule has 1 aromatic heterocycles. The minimum atomic E-state index is -0.464. The summed E-state index contributed by atoms with van der Waals surface area (Å²) in [6, 6.07) is 1.42. The lowest BCUT2D eigenvalue weighted by molar-refractivity contribution is 0.0522. The van der Waals surface area contributed by atoms with Crippen molar-refractivity contribution in [1.29, 1.82) is 0 Å². The van der Waals surface area contributed by atoms with E-state index in [9.17, 15) is 4.79 Å². The summed E-state index contributed by atoms with van der Waals surface area (Å²) < 4.78 is 9.77. The molecule has 14 heavy (non-hydrogen) atoms. The zero-order valence-corrected chi connectivity index (χ0v) is 8.67. The fourth-order valence-electron chi connectivity index (χ4n) is 0.948. The number of halogens is 1. The van der Waals surface area contributed by atoms with Crippen LogP contribution in [0.25, 0.3) is 0 Å². The van der Waals surface area contributed by atoms with Crippen molar-refractivity contribution >= 4 is 17.6 Å². The summed E-state index contributed by atoms with van der Waals surface area (Å²) in [7, 11) is 1.45. The van der Waals surface area contributed by atoms with Gasteiger partial charge in [0, 0.05) is 0 Å². The van der Waals surface area contributed by atoms with E-state index in [1.807, 2.05) is 0 Å². The maximum atomic E-state index is 11.4. The molecular weight excluding hydrogens is 206 g/mol. The summed E-state index contributed by atoms with van der Waals surface area (Å²) in [5.74, 6) is -0.110. The summed E-state index contributed by atoms with van der Waals surface area (Å²) in [6.45, 7) is 2.04. The number of ether oxygens (including phenoxy) is 2. The molecule has 4 nitrogen and oxygen atoms in total. The van der Waals surface area contributed by atoms with Crippen molar-refractivity contribution in [2.75, 3.05) is 13.7 Å². The number of hydrogen-bond donors (Lipinski definition) is 0. The van der Waals surface area contributed by atoms with Crippen LogP contribution in [-0.4, -0.2) is 24.7 Å². The molecule has 0 amide bonds. The van der Waals surface area contributed by atoms with Gasteiger partial charge in [0.2, 0.25) is 0 Å². The molecule has 0 aliphatic heterocycles. The van der Waals surface area contributed by atoms with Crippen LogP contribution < -0.4 is 4.74 Å². The molecule has 76 valence electrons. The molecule has 1 heterocycles. The maximum Gasteiger partial charge on any atom is 0.342 e. The zero-order chi connectivity index (χ0) is 10.6. The number of hydrogen-bond acceptors (Lipinski definition) is 4. The van der Waals surface area contributed by atoms with Gasteiger partial charge in [0.1, 0.15) is 10.7 Å². The van der Waals surface area contributed by atoms with Gasteiger partial charge in [-0.2, -0.15) is 0 Å². The number of nitrogens with zero attached hydrogens (tertiary/aromatic N) is 1. The van der Waals surface area contributed by atoms with Crippen LogP contribution in [-0.2, 0) is 4.74 Å². The molecule has 0 radical (unpaired) electrons. The summed E-state index contributed by atoms with van der Waals surface area (Å²) in [6.07, 6.45) is 1.38. The van der Waals surface area contributed by atoms with Crippen LogP contribution in [0, 0.1) is 0 Å². The van der Waals surface area contributed by atoms with Crippen molar-refractivity contribution in [3.05, 3.63) is 23.0 Å².